The maximum Gasteiger partial charge on any atom is 0.407 e. The normalized spacial score (nSPS) is 10.2. The van der Waals surface area contributed by atoms with Crippen LogP contribution in [0.25, 0.3) is 0 Å². The Balaban J connectivity index is 0.00000154. The first kappa shape index (κ1) is 17.5. The third kappa shape index (κ3) is 8.25. The lowest BCUT2D eigenvalue weighted by atomic mass is 10.1. The minimum Gasteiger partial charge on any atom is -0.444 e. The zero-order valence-electron chi connectivity index (χ0n) is 13.0. The molecule has 0 spiro atoms. The van der Waals surface area contributed by atoms with Crippen LogP contribution in [0.5, 0.6) is 0 Å². The summed E-state index contributed by atoms with van der Waals surface area (Å²) in [5.41, 5.74) is 1.93. The lowest BCUT2D eigenvalue weighted by Crippen LogP contribution is -2.32. The molecule has 0 aliphatic carbocycles. The van der Waals surface area contributed by atoms with Crippen LogP contribution in [-0.2, 0) is 17.7 Å². The Kier molecular flexibility index (Phi) is 7.89. The largest absolute Gasteiger partial charge is 0.444 e. The van der Waals surface area contributed by atoms with Gasteiger partial charge in [-0.1, -0.05) is 45.0 Å². The van der Waals surface area contributed by atoms with Crippen molar-refractivity contribution < 1.29 is 9.53 Å². The summed E-state index contributed by atoms with van der Waals surface area (Å²) >= 11 is 0. The van der Waals surface area contributed by atoms with E-state index in [-0.39, 0.29) is 6.09 Å². The molecule has 1 N–H and O–H groups in total. The third-order valence-corrected chi connectivity index (χ3v) is 2.27. The van der Waals surface area contributed by atoms with Crippen LogP contribution < -0.4 is 5.32 Å². The zero-order valence-corrected chi connectivity index (χ0v) is 13.0. The predicted molar refractivity (Wildman–Crippen MR) is 80.2 cm³/mol. The second-order valence-electron chi connectivity index (χ2n) is 5.03. The molecule has 1 rings (SSSR count). The average Bonchev–Trinajstić information content (AvgIpc) is 2.37. The van der Waals surface area contributed by atoms with Crippen LogP contribution in [0.15, 0.2) is 24.3 Å². The maximum atomic E-state index is 11.4. The molecular formula is C16H27NO2. The van der Waals surface area contributed by atoms with Crippen LogP contribution in [0, 0.1) is 0 Å². The molecule has 3 nitrogen and oxygen atoms in total. The smallest absolute Gasteiger partial charge is 0.407 e. The molecule has 0 heterocycles. The summed E-state index contributed by atoms with van der Waals surface area (Å²) in [5, 5.41) is 2.73. The number of ether oxygens (including phenoxy) is 1. The molecule has 1 amide bonds. The van der Waals surface area contributed by atoms with E-state index in [2.05, 4.69) is 24.4 Å². The fourth-order valence-electron chi connectivity index (χ4n) is 1.38. The summed E-state index contributed by atoms with van der Waals surface area (Å²) < 4.78 is 5.15. The number of rotatable bonds is 3. The molecule has 0 fully saturated rings. The van der Waals surface area contributed by atoms with Gasteiger partial charge in [-0.3, -0.25) is 0 Å². The van der Waals surface area contributed by atoms with Crippen molar-refractivity contribution in [2.75, 3.05) is 0 Å². The Morgan fingerprint density at radius 3 is 2.00 bits per heavy atom. The molecule has 108 valence electrons. The molecule has 0 bridgehead atoms. The molecule has 0 atom stereocenters. The number of aryl methyl sites for hydroxylation is 1. The monoisotopic (exact) mass is 265 g/mol. The van der Waals surface area contributed by atoms with Gasteiger partial charge in [-0.2, -0.15) is 0 Å². The maximum absolute atomic E-state index is 11.4. The van der Waals surface area contributed by atoms with E-state index in [1.54, 1.807) is 0 Å². The first-order valence-corrected chi connectivity index (χ1v) is 6.95. The van der Waals surface area contributed by atoms with E-state index < -0.39 is 5.60 Å². The highest BCUT2D eigenvalue weighted by Gasteiger charge is 2.15. The van der Waals surface area contributed by atoms with Crippen LogP contribution in [0.3, 0.4) is 0 Å². The second kappa shape index (κ2) is 8.57. The highest BCUT2D eigenvalue weighted by Crippen LogP contribution is 2.08. The van der Waals surface area contributed by atoms with E-state index in [1.807, 2.05) is 46.8 Å². The molecule has 0 saturated heterocycles. The van der Waals surface area contributed by atoms with Crippen LogP contribution in [0.1, 0.15) is 52.7 Å². The van der Waals surface area contributed by atoms with Crippen molar-refractivity contribution in [3.05, 3.63) is 35.4 Å². The Morgan fingerprint density at radius 2 is 1.58 bits per heavy atom. The van der Waals surface area contributed by atoms with Crippen molar-refractivity contribution in [3.8, 4) is 0 Å². The van der Waals surface area contributed by atoms with Crippen LogP contribution in [0.2, 0.25) is 0 Å². The van der Waals surface area contributed by atoms with E-state index >= 15 is 0 Å². The standard InChI is InChI=1S/C14H21NO2.C2H6/c1-5-11-6-8-12(9-7-11)10-15-13(16)17-14(2,3)4;1-2/h6-9H,5,10H2,1-4H3,(H,15,16);1-2H3. The van der Waals surface area contributed by atoms with Crippen LogP contribution >= 0.6 is 0 Å². The molecule has 0 aliphatic heterocycles. The van der Waals surface area contributed by atoms with Crippen molar-refractivity contribution in [1.29, 1.82) is 0 Å². The van der Waals surface area contributed by atoms with Gasteiger partial charge in [-0.25, -0.2) is 4.79 Å². The van der Waals surface area contributed by atoms with Gasteiger partial charge in [0.1, 0.15) is 5.60 Å². The number of benzene rings is 1. The molecule has 1 aromatic rings. The van der Waals surface area contributed by atoms with E-state index in [9.17, 15) is 4.79 Å². The van der Waals surface area contributed by atoms with Crippen molar-refractivity contribution in [3.63, 3.8) is 0 Å². The number of hydrogen-bond donors (Lipinski definition) is 1. The van der Waals surface area contributed by atoms with E-state index in [4.69, 9.17) is 4.74 Å². The minimum absolute atomic E-state index is 0.378. The minimum atomic E-state index is -0.448. The summed E-state index contributed by atoms with van der Waals surface area (Å²) in [6.45, 7) is 12.2. The summed E-state index contributed by atoms with van der Waals surface area (Å²) in [6.07, 6.45) is 0.650. The van der Waals surface area contributed by atoms with Gasteiger partial charge in [0.15, 0.2) is 0 Å². The van der Waals surface area contributed by atoms with Gasteiger partial charge in [0, 0.05) is 6.54 Å². The zero-order chi connectivity index (χ0) is 14.9. The number of carbonyl (C=O) groups excluding carboxylic acids is 1. The van der Waals surface area contributed by atoms with Gasteiger partial charge < -0.3 is 10.1 Å². The number of alkyl carbamates (subject to hydrolysis) is 1. The molecule has 19 heavy (non-hydrogen) atoms. The lowest BCUT2D eigenvalue weighted by molar-refractivity contribution is 0.0523. The Labute approximate surface area is 117 Å². The summed E-state index contributed by atoms with van der Waals surface area (Å²) in [4.78, 5) is 11.4. The van der Waals surface area contributed by atoms with E-state index in [0.717, 1.165) is 12.0 Å². The Bertz CT molecular complexity index is 363. The van der Waals surface area contributed by atoms with Gasteiger partial charge in [0.05, 0.1) is 0 Å². The topological polar surface area (TPSA) is 38.3 Å². The Hall–Kier alpha value is -1.51. The fraction of sp³-hybridized carbons (Fsp3) is 0.562. The molecule has 0 aliphatic rings. The van der Waals surface area contributed by atoms with Crippen molar-refractivity contribution >= 4 is 6.09 Å². The number of hydrogen-bond acceptors (Lipinski definition) is 2. The van der Waals surface area contributed by atoms with E-state index in [1.165, 1.54) is 5.56 Å². The van der Waals surface area contributed by atoms with Gasteiger partial charge in [-0.05, 0) is 38.3 Å². The quantitative estimate of drug-likeness (QED) is 0.885. The van der Waals surface area contributed by atoms with Crippen molar-refractivity contribution in [2.24, 2.45) is 0 Å². The average molecular weight is 265 g/mol. The fourth-order valence-corrected chi connectivity index (χ4v) is 1.38. The van der Waals surface area contributed by atoms with Gasteiger partial charge in [-0.15, -0.1) is 0 Å². The molecular weight excluding hydrogens is 238 g/mol. The van der Waals surface area contributed by atoms with Gasteiger partial charge >= 0.3 is 6.09 Å². The summed E-state index contributed by atoms with van der Waals surface area (Å²) in [5.74, 6) is 0. The van der Waals surface area contributed by atoms with Crippen molar-refractivity contribution in [1.82, 2.24) is 5.32 Å². The highest BCUT2D eigenvalue weighted by atomic mass is 16.6. The molecule has 1 aromatic carbocycles. The SMILES string of the molecule is CC.CCc1ccc(CNC(=O)OC(C)(C)C)cc1. The Morgan fingerprint density at radius 1 is 1.11 bits per heavy atom. The van der Waals surface area contributed by atoms with Gasteiger partial charge in [0.2, 0.25) is 0 Å². The molecule has 0 radical (unpaired) electrons. The van der Waals surface area contributed by atoms with Gasteiger partial charge in [0.25, 0.3) is 0 Å². The summed E-state index contributed by atoms with van der Waals surface area (Å²) in [7, 11) is 0. The highest BCUT2D eigenvalue weighted by molar-refractivity contribution is 5.67. The number of amides is 1. The van der Waals surface area contributed by atoms with E-state index in [0.29, 0.717) is 6.54 Å². The molecule has 0 unspecified atom stereocenters. The number of carbonyl (C=O) groups is 1. The molecule has 0 aromatic heterocycles. The first-order valence-electron chi connectivity index (χ1n) is 6.95. The van der Waals surface area contributed by atoms with Crippen LogP contribution in [0.4, 0.5) is 4.79 Å². The third-order valence-electron chi connectivity index (χ3n) is 2.27. The summed E-state index contributed by atoms with van der Waals surface area (Å²) in [6, 6.07) is 8.20. The number of nitrogens with one attached hydrogen (secondary N) is 1. The van der Waals surface area contributed by atoms with Crippen molar-refractivity contribution in [2.45, 2.75) is 60.1 Å². The molecule has 3 heteroatoms. The first-order chi connectivity index (χ1) is 8.90. The molecule has 0 saturated carbocycles. The van der Waals surface area contributed by atoms with Crippen LogP contribution in [-0.4, -0.2) is 11.7 Å². The lowest BCUT2D eigenvalue weighted by Gasteiger charge is -2.19. The predicted octanol–water partition coefficient (Wildman–Crippen LogP) is 4.30. The second-order valence-corrected chi connectivity index (χ2v) is 5.03.